The molecule has 4 heteroatoms. The van der Waals surface area contributed by atoms with Crippen molar-refractivity contribution < 1.29 is 14.7 Å². The number of amides is 1. The second-order valence-corrected chi connectivity index (χ2v) is 7.42. The van der Waals surface area contributed by atoms with Gasteiger partial charge in [-0.3, -0.25) is 9.59 Å². The van der Waals surface area contributed by atoms with Crippen molar-refractivity contribution in [3.8, 4) is 0 Å². The maximum Gasteiger partial charge on any atom is 0.303 e. The quantitative estimate of drug-likeness (QED) is 0.806. The average molecular weight is 269 g/mol. The first-order valence-corrected chi connectivity index (χ1v) is 7.11. The van der Waals surface area contributed by atoms with Gasteiger partial charge in [-0.2, -0.15) is 0 Å². The van der Waals surface area contributed by atoms with Crippen LogP contribution >= 0.6 is 0 Å². The minimum atomic E-state index is -0.850. The Kier molecular flexibility index (Phi) is 4.99. The monoisotopic (exact) mass is 269 g/mol. The van der Waals surface area contributed by atoms with E-state index in [4.69, 9.17) is 5.11 Å². The summed E-state index contributed by atoms with van der Waals surface area (Å²) in [5.74, 6) is -0.867. The van der Waals surface area contributed by atoms with Gasteiger partial charge in [-0.15, -0.1) is 0 Å². The van der Waals surface area contributed by atoms with Crippen LogP contribution in [0.1, 0.15) is 66.2 Å². The van der Waals surface area contributed by atoms with Crippen molar-refractivity contribution in [2.45, 2.75) is 72.3 Å². The third-order valence-corrected chi connectivity index (χ3v) is 3.97. The molecule has 4 nitrogen and oxygen atoms in total. The van der Waals surface area contributed by atoms with Gasteiger partial charge in [0.1, 0.15) is 0 Å². The molecule has 0 atom stereocenters. The van der Waals surface area contributed by atoms with Crippen LogP contribution in [-0.2, 0) is 9.59 Å². The van der Waals surface area contributed by atoms with Crippen molar-refractivity contribution in [1.82, 2.24) is 5.32 Å². The highest BCUT2D eigenvalue weighted by Gasteiger charge is 2.30. The molecule has 1 rings (SSSR count). The molecule has 0 heterocycles. The first-order valence-electron chi connectivity index (χ1n) is 7.11. The SMILES string of the molecule is CC1(C)CCC(NC(=O)CC(C)(C)CC(=O)O)CC1. The Morgan fingerprint density at radius 2 is 1.74 bits per heavy atom. The van der Waals surface area contributed by atoms with Gasteiger partial charge >= 0.3 is 5.97 Å². The highest BCUT2D eigenvalue weighted by atomic mass is 16.4. The second kappa shape index (κ2) is 5.93. The number of rotatable bonds is 5. The summed E-state index contributed by atoms with van der Waals surface area (Å²) in [6.45, 7) is 8.18. The predicted molar refractivity (Wildman–Crippen MR) is 74.8 cm³/mol. The number of nitrogens with one attached hydrogen (secondary N) is 1. The van der Waals surface area contributed by atoms with E-state index in [0.717, 1.165) is 25.7 Å². The molecule has 1 aliphatic rings. The zero-order valence-corrected chi connectivity index (χ0v) is 12.6. The van der Waals surface area contributed by atoms with E-state index in [0.29, 0.717) is 5.41 Å². The molecule has 1 aliphatic carbocycles. The van der Waals surface area contributed by atoms with E-state index in [9.17, 15) is 9.59 Å². The van der Waals surface area contributed by atoms with Gasteiger partial charge < -0.3 is 10.4 Å². The summed E-state index contributed by atoms with van der Waals surface area (Å²) in [5.41, 5.74) is -0.0896. The summed E-state index contributed by atoms with van der Waals surface area (Å²) in [6, 6.07) is 0.265. The standard InChI is InChI=1S/C15H27NO3/c1-14(2)7-5-11(6-8-14)16-12(17)9-15(3,4)10-13(18)19/h11H,5-10H2,1-4H3,(H,16,17)(H,18,19). The lowest BCUT2D eigenvalue weighted by atomic mass is 9.75. The van der Waals surface area contributed by atoms with Gasteiger partial charge in [-0.05, 0) is 36.5 Å². The Labute approximate surface area is 116 Å². The highest BCUT2D eigenvalue weighted by molar-refractivity contribution is 5.78. The number of carboxylic acids is 1. The van der Waals surface area contributed by atoms with Crippen molar-refractivity contribution >= 4 is 11.9 Å². The second-order valence-electron chi connectivity index (χ2n) is 7.42. The smallest absolute Gasteiger partial charge is 0.303 e. The molecule has 1 fully saturated rings. The first kappa shape index (κ1) is 16.0. The van der Waals surface area contributed by atoms with Crippen molar-refractivity contribution in [3.05, 3.63) is 0 Å². The van der Waals surface area contributed by atoms with E-state index >= 15 is 0 Å². The van der Waals surface area contributed by atoms with E-state index in [1.807, 2.05) is 13.8 Å². The van der Waals surface area contributed by atoms with Crippen LogP contribution in [0.25, 0.3) is 0 Å². The van der Waals surface area contributed by atoms with Crippen LogP contribution in [0.2, 0.25) is 0 Å². The Balaban J connectivity index is 2.38. The van der Waals surface area contributed by atoms with Crippen LogP contribution in [0.15, 0.2) is 0 Å². The normalized spacial score (nSPS) is 20.0. The molecular weight excluding hydrogens is 242 g/mol. The molecule has 0 radical (unpaired) electrons. The Morgan fingerprint density at radius 1 is 1.21 bits per heavy atom. The van der Waals surface area contributed by atoms with E-state index in [1.165, 1.54) is 0 Å². The van der Waals surface area contributed by atoms with Gasteiger partial charge in [-0.25, -0.2) is 0 Å². The third kappa shape index (κ3) is 6.08. The number of aliphatic carboxylic acids is 1. The first-order chi connectivity index (χ1) is 8.60. The van der Waals surface area contributed by atoms with Gasteiger partial charge in [0.25, 0.3) is 0 Å². The van der Waals surface area contributed by atoms with Crippen LogP contribution in [0.3, 0.4) is 0 Å². The highest BCUT2D eigenvalue weighted by Crippen LogP contribution is 2.35. The minimum absolute atomic E-state index is 0.0176. The molecular formula is C15H27NO3. The zero-order valence-electron chi connectivity index (χ0n) is 12.6. The Bertz CT molecular complexity index is 337. The minimum Gasteiger partial charge on any atom is -0.481 e. The van der Waals surface area contributed by atoms with E-state index < -0.39 is 11.4 Å². The van der Waals surface area contributed by atoms with Gasteiger partial charge in [-0.1, -0.05) is 27.7 Å². The average Bonchev–Trinajstić information content (AvgIpc) is 2.18. The molecule has 0 aromatic rings. The molecule has 0 bridgehead atoms. The topological polar surface area (TPSA) is 66.4 Å². The molecule has 0 saturated heterocycles. The van der Waals surface area contributed by atoms with Crippen LogP contribution < -0.4 is 5.32 Å². The molecule has 19 heavy (non-hydrogen) atoms. The fraction of sp³-hybridized carbons (Fsp3) is 0.867. The molecule has 0 aromatic heterocycles. The summed E-state index contributed by atoms with van der Waals surface area (Å²) in [7, 11) is 0. The molecule has 110 valence electrons. The predicted octanol–water partition coefficient (Wildman–Crippen LogP) is 2.96. The number of carbonyl (C=O) groups is 2. The fourth-order valence-corrected chi connectivity index (χ4v) is 2.73. The molecule has 1 amide bonds. The van der Waals surface area contributed by atoms with Crippen molar-refractivity contribution in [3.63, 3.8) is 0 Å². The van der Waals surface area contributed by atoms with E-state index in [2.05, 4.69) is 19.2 Å². The summed E-state index contributed by atoms with van der Waals surface area (Å²) < 4.78 is 0. The third-order valence-electron chi connectivity index (χ3n) is 3.97. The van der Waals surface area contributed by atoms with Crippen LogP contribution in [0, 0.1) is 10.8 Å². The fourth-order valence-electron chi connectivity index (χ4n) is 2.73. The molecule has 0 aliphatic heterocycles. The van der Waals surface area contributed by atoms with Crippen LogP contribution in [0.5, 0.6) is 0 Å². The summed E-state index contributed by atoms with van der Waals surface area (Å²) in [4.78, 5) is 22.7. The number of hydrogen-bond donors (Lipinski definition) is 2. The van der Waals surface area contributed by atoms with Gasteiger partial charge in [0, 0.05) is 12.5 Å². The van der Waals surface area contributed by atoms with Crippen LogP contribution in [-0.4, -0.2) is 23.0 Å². The van der Waals surface area contributed by atoms with Crippen LogP contribution in [0.4, 0.5) is 0 Å². The van der Waals surface area contributed by atoms with Crippen molar-refractivity contribution in [2.75, 3.05) is 0 Å². The largest absolute Gasteiger partial charge is 0.481 e. The lowest BCUT2D eigenvalue weighted by molar-refractivity contribution is -0.139. The zero-order chi connectivity index (χ0) is 14.7. The summed E-state index contributed by atoms with van der Waals surface area (Å²) in [5, 5.41) is 11.9. The number of hydrogen-bond acceptors (Lipinski definition) is 2. The van der Waals surface area contributed by atoms with Crippen molar-refractivity contribution in [2.24, 2.45) is 10.8 Å². The molecule has 0 spiro atoms. The maximum absolute atomic E-state index is 12.0. The molecule has 1 saturated carbocycles. The lowest BCUT2D eigenvalue weighted by Gasteiger charge is -2.35. The lowest BCUT2D eigenvalue weighted by Crippen LogP contribution is -2.40. The van der Waals surface area contributed by atoms with Crippen molar-refractivity contribution in [1.29, 1.82) is 0 Å². The molecule has 2 N–H and O–H groups in total. The van der Waals surface area contributed by atoms with Gasteiger partial charge in [0.2, 0.25) is 5.91 Å². The number of carboxylic acid groups (broad SMARTS) is 1. The van der Waals surface area contributed by atoms with E-state index in [-0.39, 0.29) is 24.8 Å². The van der Waals surface area contributed by atoms with Gasteiger partial charge in [0.05, 0.1) is 6.42 Å². The van der Waals surface area contributed by atoms with E-state index in [1.54, 1.807) is 0 Å². The maximum atomic E-state index is 12.0. The molecule has 0 aromatic carbocycles. The summed E-state index contributed by atoms with van der Waals surface area (Å²) in [6.07, 6.45) is 4.63. The van der Waals surface area contributed by atoms with Gasteiger partial charge in [0.15, 0.2) is 0 Å². The number of carbonyl (C=O) groups excluding carboxylic acids is 1. The Morgan fingerprint density at radius 3 is 2.21 bits per heavy atom. The Hall–Kier alpha value is -1.06. The summed E-state index contributed by atoms with van der Waals surface area (Å²) >= 11 is 0. The molecule has 0 unspecified atom stereocenters.